The number of phosphoric acid groups is 1. The minimum absolute atomic E-state index is 0.231. The summed E-state index contributed by atoms with van der Waals surface area (Å²) < 4.78 is 27.4. The van der Waals surface area contributed by atoms with E-state index in [1.165, 1.54) is 6.20 Å². The Kier molecular flexibility index (Phi) is 8.92. The highest BCUT2D eigenvalue weighted by Crippen LogP contribution is 2.53. The first-order valence-electron chi connectivity index (χ1n) is 10.8. The second kappa shape index (κ2) is 11.8. The lowest BCUT2D eigenvalue weighted by atomic mass is 10.1. The van der Waals surface area contributed by atoms with E-state index in [1.807, 2.05) is 12.1 Å². The van der Waals surface area contributed by atoms with Crippen LogP contribution in [0.4, 0.5) is 0 Å². The van der Waals surface area contributed by atoms with Crippen molar-refractivity contribution in [1.82, 2.24) is 14.1 Å². The molecule has 17 heteroatoms. The van der Waals surface area contributed by atoms with Gasteiger partial charge in [-0.05, 0) is 23.8 Å². The Bertz CT molecular complexity index is 1470. The molecular formula is C21H22ClN3O11P2. The third kappa shape index (κ3) is 6.45. The summed E-state index contributed by atoms with van der Waals surface area (Å²) in [5.74, 6) is 0. The lowest BCUT2D eigenvalue weighted by Gasteiger charge is -2.19. The topological polar surface area (TPSA) is 203 Å². The quantitative estimate of drug-likeness (QED) is 0.219. The number of nitrogens with zero attached hydrogens (tertiary/aromatic N) is 3. The average Bonchev–Trinajstić information content (AvgIpc) is 3.14. The molecule has 1 saturated heterocycles. The summed E-state index contributed by atoms with van der Waals surface area (Å²) in [6.07, 6.45) is -3.70. The molecule has 2 aromatic heterocycles. The molecule has 0 spiro atoms. The van der Waals surface area contributed by atoms with Gasteiger partial charge in [-0.15, -0.1) is 0 Å². The molecule has 1 aliphatic rings. The standard InChI is InChI=1S/C21H22ClN3O11P2/c22-15-4-2-1-3-14(15)12-5-7-23-13(9-12)10-25-17(26)6-8-24(21(25)29)20-19(28)18(27)16(35-20)11-34-38(32,33)36-37(30)31/h1-9,16,18-20,27-28,30-31H,10-11H2,(H,32,33). The van der Waals surface area contributed by atoms with Crippen molar-refractivity contribution in [3.63, 3.8) is 0 Å². The van der Waals surface area contributed by atoms with Crippen LogP contribution in [-0.4, -0.2) is 63.9 Å². The second-order valence-electron chi connectivity index (χ2n) is 8.09. The molecule has 1 aromatic carbocycles. The number of phosphoric ester groups is 1. The molecule has 0 saturated carbocycles. The minimum Gasteiger partial charge on any atom is -0.387 e. The van der Waals surface area contributed by atoms with Gasteiger partial charge < -0.3 is 29.6 Å². The number of benzene rings is 1. The molecule has 0 bridgehead atoms. The van der Waals surface area contributed by atoms with Crippen molar-refractivity contribution in [3.8, 4) is 11.1 Å². The molecule has 0 radical (unpaired) electrons. The van der Waals surface area contributed by atoms with Crippen LogP contribution >= 0.6 is 28.0 Å². The van der Waals surface area contributed by atoms with Gasteiger partial charge in [0.25, 0.3) is 5.56 Å². The van der Waals surface area contributed by atoms with E-state index in [0.29, 0.717) is 16.3 Å². The van der Waals surface area contributed by atoms with E-state index in [1.54, 1.807) is 24.3 Å². The van der Waals surface area contributed by atoms with E-state index in [2.05, 4.69) is 13.8 Å². The van der Waals surface area contributed by atoms with E-state index in [-0.39, 0.29) is 6.54 Å². The van der Waals surface area contributed by atoms with Gasteiger partial charge in [0.1, 0.15) is 18.3 Å². The molecular weight excluding hydrogens is 568 g/mol. The monoisotopic (exact) mass is 589 g/mol. The number of aromatic nitrogens is 3. The van der Waals surface area contributed by atoms with Crippen molar-refractivity contribution >= 4 is 28.0 Å². The fourth-order valence-corrected chi connectivity index (χ4v) is 5.35. The van der Waals surface area contributed by atoms with E-state index in [0.717, 1.165) is 27.0 Å². The Labute approximate surface area is 220 Å². The summed E-state index contributed by atoms with van der Waals surface area (Å²) in [5.41, 5.74) is 0.262. The molecule has 5 N–H and O–H groups in total. The van der Waals surface area contributed by atoms with Crippen LogP contribution in [0.2, 0.25) is 5.02 Å². The van der Waals surface area contributed by atoms with Crippen LogP contribution in [0.15, 0.2) is 64.4 Å². The number of hydrogen-bond donors (Lipinski definition) is 5. The molecule has 3 heterocycles. The molecule has 4 rings (SSSR count). The van der Waals surface area contributed by atoms with E-state index >= 15 is 0 Å². The zero-order valence-electron chi connectivity index (χ0n) is 19.2. The number of aliphatic hydroxyl groups excluding tert-OH is 2. The number of hydrogen-bond acceptors (Lipinski definition) is 11. The average molecular weight is 590 g/mol. The molecule has 3 aromatic rings. The summed E-state index contributed by atoms with van der Waals surface area (Å²) in [5, 5.41) is 21.3. The molecule has 0 aliphatic carbocycles. The summed E-state index contributed by atoms with van der Waals surface area (Å²) >= 11 is 6.27. The van der Waals surface area contributed by atoms with Crippen molar-refractivity contribution in [2.45, 2.75) is 31.1 Å². The predicted octanol–water partition coefficient (Wildman–Crippen LogP) is 0.738. The zero-order valence-corrected chi connectivity index (χ0v) is 21.8. The maximum atomic E-state index is 13.2. The van der Waals surface area contributed by atoms with Crippen LogP contribution in [0.25, 0.3) is 11.1 Å². The van der Waals surface area contributed by atoms with Crippen LogP contribution in [0.1, 0.15) is 11.9 Å². The van der Waals surface area contributed by atoms with Crippen LogP contribution < -0.4 is 11.2 Å². The van der Waals surface area contributed by atoms with Gasteiger partial charge in [0.15, 0.2) is 6.23 Å². The lowest BCUT2D eigenvalue weighted by molar-refractivity contribution is -0.0546. The molecule has 14 nitrogen and oxygen atoms in total. The van der Waals surface area contributed by atoms with E-state index in [4.69, 9.17) is 26.1 Å². The second-order valence-corrected chi connectivity index (χ2v) is 10.9. The number of rotatable bonds is 9. The summed E-state index contributed by atoms with van der Waals surface area (Å²) in [4.78, 5) is 56.9. The highest BCUT2D eigenvalue weighted by molar-refractivity contribution is 7.57. The van der Waals surface area contributed by atoms with Gasteiger partial charge >= 0.3 is 22.1 Å². The Morgan fingerprint density at radius 3 is 2.58 bits per heavy atom. The third-order valence-corrected chi connectivity index (χ3v) is 7.82. The van der Waals surface area contributed by atoms with Crippen molar-refractivity contribution in [2.24, 2.45) is 0 Å². The highest BCUT2D eigenvalue weighted by atomic mass is 35.5. The van der Waals surface area contributed by atoms with Gasteiger partial charge in [-0.25, -0.2) is 13.7 Å². The largest absolute Gasteiger partial charge is 0.479 e. The number of pyridine rings is 1. The maximum Gasteiger partial charge on any atom is 0.479 e. The van der Waals surface area contributed by atoms with Crippen LogP contribution in [0.3, 0.4) is 0 Å². The first-order valence-corrected chi connectivity index (χ1v) is 13.9. The Morgan fingerprint density at radius 1 is 1.13 bits per heavy atom. The molecule has 38 heavy (non-hydrogen) atoms. The third-order valence-electron chi connectivity index (χ3n) is 5.61. The number of halogens is 1. The van der Waals surface area contributed by atoms with Gasteiger partial charge in [0.05, 0.1) is 18.8 Å². The number of ether oxygens (including phenoxy) is 1. The van der Waals surface area contributed by atoms with E-state index < -0.39 is 58.8 Å². The SMILES string of the molecule is O=c1ccn(C2OC(COP(=O)(O)OP(O)O)C(O)C2O)c(=O)n1Cc1cc(-c2ccccc2Cl)ccn1. The Hall–Kier alpha value is -2.32. The molecule has 5 unspecified atom stereocenters. The van der Waals surface area contributed by atoms with E-state index in [9.17, 15) is 29.3 Å². The highest BCUT2D eigenvalue weighted by Gasteiger charge is 2.45. The Balaban J connectivity index is 1.56. The van der Waals surface area contributed by atoms with Crippen LogP contribution in [0, 0.1) is 0 Å². The fraction of sp³-hybridized carbons (Fsp3) is 0.286. The van der Waals surface area contributed by atoms with Crippen molar-refractivity contribution in [1.29, 1.82) is 0 Å². The minimum atomic E-state index is -4.90. The Morgan fingerprint density at radius 2 is 1.87 bits per heavy atom. The molecule has 5 atom stereocenters. The van der Waals surface area contributed by atoms with Gasteiger partial charge in [-0.1, -0.05) is 29.8 Å². The fourth-order valence-electron chi connectivity index (χ4n) is 3.84. The van der Waals surface area contributed by atoms with Crippen molar-refractivity contribution in [3.05, 3.63) is 86.4 Å². The normalized spacial score (nSPS) is 23.0. The summed E-state index contributed by atoms with van der Waals surface area (Å²) in [6.45, 7) is -1.04. The lowest BCUT2D eigenvalue weighted by Crippen LogP contribution is -2.43. The first kappa shape index (κ1) is 28.7. The van der Waals surface area contributed by atoms with Crippen molar-refractivity contribution in [2.75, 3.05) is 6.61 Å². The maximum absolute atomic E-state index is 13.2. The smallest absolute Gasteiger partial charge is 0.387 e. The molecule has 1 fully saturated rings. The zero-order chi connectivity index (χ0) is 27.6. The molecule has 204 valence electrons. The molecule has 1 aliphatic heterocycles. The van der Waals surface area contributed by atoms with Gasteiger partial charge in [-0.3, -0.25) is 23.4 Å². The van der Waals surface area contributed by atoms with Crippen LogP contribution in [0.5, 0.6) is 0 Å². The van der Waals surface area contributed by atoms with Crippen molar-refractivity contribution < 1.29 is 43.0 Å². The summed E-state index contributed by atoms with van der Waals surface area (Å²) in [6, 6.07) is 11.6. The van der Waals surface area contributed by atoms with Gasteiger partial charge in [-0.2, -0.15) is 0 Å². The predicted molar refractivity (Wildman–Crippen MR) is 133 cm³/mol. The van der Waals surface area contributed by atoms with Gasteiger partial charge in [0.2, 0.25) is 0 Å². The number of aliphatic hydroxyl groups is 2. The summed E-state index contributed by atoms with van der Waals surface area (Å²) in [7, 11) is -8.11. The first-order chi connectivity index (χ1) is 18.0. The van der Waals surface area contributed by atoms with Crippen LogP contribution in [-0.2, 0) is 24.7 Å². The molecule has 0 amide bonds. The van der Waals surface area contributed by atoms with Gasteiger partial charge in [0, 0.05) is 29.0 Å².